The van der Waals surface area contributed by atoms with Crippen LogP contribution in [0, 0.1) is 12.8 Å². The maximum absolute atomic E-state index is 12.7. The average Bonchev–Trinajstić information content (AvgIpc) is 2.77. The number of hydrogen-bond donors (Lipinski definition) is 1. The van der Waals surface area contributed by atoms with Gasteiger partial charge >= 0.3 is 0 Å². The summed E-state index contributed by atoms with van der Waals surface area (Å²) in [7, 11) is 1.86. The zero-order valence-corrected chi connectivity index (χ0v) is 12.9. The monoisotopic (exact) mass is 278 g/mol. The van der Waals surface area contributed by atoms with Crippen LogP contribution in [0.5, 0.6) is 0 Å². The Labute approximate surface area is 121 Å². The maximum atomic E-state index is 12.7. The van der Waals surface area contributed by atoms with Gasteiger partial charge in [0, 0.05) is 26.3 Å². The van der Waals surface area contributed by atoms with E-state index < -0.39 is 0 Å². The largest absolute Gasteiger partial charge is 0.338 e. The first-order valence-electron chi connectivity index (χ1n) is 7.62. The maximum Gasteiger partial charge on any atom is 0.257 e. The van der Waals surface area contributed by atoms with Gasteiger partial charge in [-0.15, -0.1) is 0 Å². The van der Waals surface area contributed by atoms with Gasteiger partial charge in [0.2, 0.25) is 0 Å². The highest BCUT2D eigenvalue weighted by molar-refractivity contribution is 5.95. The highest BCUT2D eigenvalue weighted by Gasteiger charge is 2.23. The summed E-state index contributed by atoms with van der Waals surface area (Å²) in [6.45, 7) is 7.84. The molecule has 0 radical (unpaired) electrons. The molecule has 20 heavy (non-hydrogen) atoms. The molecule has 1 fully saturated rings. The molecule has 1 aromatic rings. The van der Waals surface area contributed by atoms with Crippen molar-refractivity contribution < 1.29 is 4.79 Å². The van der Waals surface area contributed by atoms with Crippen LogP contribution in [0.4, 0.5) is 0 Å². The second-order valence-electron chi connectivity index (χ2n) is 5.77. The van der Waals surface area contributed by atoms with Crippen LogP contribution < -0.4 is 5.32 Å². The fraction of sp³-hybridized carbons (Fsp3) is 0.733. The van der Waals surface area contributed by atoms with Crippen molar-refractivity contribution in [3.63, 3.8) is 0 Å². The normalized spacial score (nSPS) is 19.1. The van der Waals surface area contributed by atoms with Gasteiger partial charge in [0.05, 0.1) is 11.3 Å². The van der Waals surface area contributed by atoms with E-state index in [1.165, 1.54) is 12.8 Å². The molecule has 0 saturated carbocycles. The molecule has 5 nitrogen and oxygen atoms in total. The Morgan fingerprint density at radius 1 is 1.60 bits per heavy atom. The van der Waals surface area contributed by atoms with E-state index >= 15 is 0 Å². The van der Waals surface area contributed by atoms with E-state index in [1.807, 2.05) is 25.1 Å². The number of carbonyl (C=O) groups is 1. The summed E-state index contributed by atoms with van der Waals surface area (Å²) >= 11 is 0. The molecule has 1 saturated heterocycles. The molecule has 1 amide bonds. The van der Waals surface area contributed by atoms with Gasteiger partial charge in [0.15, 0.2) is 0 Å². The molecular formula is C15H26N4O. The SMILES string of the molecule is CCCN(CC1CCCNC1)C(=O)c1cn(C)nc1C. The molecule has 1 aromatic heterocycles. The first-order valence-corrected chi connectivity index (χ1v) is 7.62. The number of carbonyl (C=O) groups excluding carboxylic acids is 1. The first kappa shape index (κ1) is 15.0. The molecule has 112 valence electrons. The van der Waals surface area contributed by atoms with E-state index in [1.54, 1.807) is 4.68 Å². The van der Waals surface area contributed by atoms with Gasteiger partial charge in [-0.25, -0.2) is 0 Å². The van der Waals surface area contributed by atoms with E-state index in [0.717, 1.165) is 43.9 Å². The van der Waals surface area contributed by atoms with Crippen molar-refractivity contribution in [1.29, 1.82) is 0 Å². The Bertz CT molecular complexity index is 449. The van der Waals surface area contributed by atoms with E-state index in [-0.39, 0.29) is 5.91 Å². The molecule has 2 heterocycles. The lowest BCUT2D eigenvalue weighted by Crippen LogP contribution is -2.41. The lowest BCUT2D eigenvalue weighted by atomic mass is 9.98. The van der Waals surface area contributed by atoms with Crippen LogP contribution in [0.3, 0.4) is 0 Å². The fourth-order valence-electron chi connectivity index (χ4n) is 2.92. The molecule has 0 aromatic carbocycles. The van der Waals surface area contributed by atoms with Crippen molar-refractivity contribution in [1.82, 2.24) is 20.0 Å². The number of rotatable bonds is 5. The Morgan fingerprint density at radius 3 is 2.95 bits per heavy atom. The van der Waals surface area contributed by atoms with Gasteiger partial charge in [0.25, 0.3) is 5.91 Å². The molecule has 1 aliphatic heterocycles. The highest BCUT2D eigenvalue weighted by Crippen LogP contribution is 2.15. The number of nitrogens with one attached hydrogen (secondary N) is 1. The van der Waals surface area contributed by atoms with Gasteiger partial charge in [0.1, 0.15) is 0 Å². The molecule has 5 heteroatoms. The Balaban J connectivity index is 2.06. The molecule has 2 rings (SSSR count). The fourth-order valence-corrected chi connectivity index (χ4v) is 2.92. The number of piperidine rings is 1. The van der Waals surface area contributed by atoms with Crippen molar-refractivity contribution in [2.24, 2.45) is 13.0 Å². The van der Waals surface area contributed by atoms with Crippen LogP contribution in [0.2, 0.25) is 0 Å². The van der Waals surface area contributed by atoms with Crippen molar-refractivity contribution in [2.75, 3.05) is 26.2 Å². The molecule has 1 N–H and O–H groups in total. The van der Waals surface area contributed by atoms with Crippen molar-refractivity contribution in [3.05, 3.63) is 17.5 Å². The number of hydrogen-bond acceptors (Lipinski definition) is 3. The van der Waals surface area contributed by atoms with Gasteiger partial charge in [-0.1, -0.05) is 6.92 Å². The Hall–Kier alpha value is -1.36. The second-order valence-corrected chi connectivity index (χ2v) is 5.77. The molecular weight excluding hydrogens is 252 g/mol. The lowest BCUT2D eigenvalue weighted by Gasteiger charge is -2.30. The first-order chi connectivity index (χ1) is 9.61. The zero-order valence-electron chi connectivity index (χ0n) is 12.9. The van der Waals surface area contributed by atoms with Crippen LogP contribution in [-0.2, 0) is 7.05 Å². The molecule has 0 bridgehead atoms. The van der Waals surface area contributed by atoms with Crippen LogP contribution in [0.1, 0.15) is 42.2 Å². The van der Waals surface area contributed by atoms with Gasteiger partial charge < -0.3 is 10.2 Å². The molecule has 1 aliphatic rings. The molecule has 0 spiro atoms. The topological polar surface area (TPSA) is 50.2 Å². The van der Waals surface area contributed by atoms with Gasteiger partial charge in [-0.3, -0.25) is 9.48 Å². The van der Waals surface area contributed by atoms with Crippen molar-refractivity contribution in [2.45, 2.75) is 33.1 Å². The summed E-state index contributed by atoms with van der Waals surface area (Å²) in [4.78, 5) is 14.7. The van der Waals surface area contributed by atoms with Crippen LogP contribution in [-0.4, -0.2) is 46.8 Å². The lowest BCUT2D eigenvalue weighted by molar-refractivity contribution is 0.0718. The third-order valence-corrected chi connectivity index (χ3v) is 3.90. The number of aryl methyl sites for hydroxylation is 2. The van der Waals surface area contributed by atoms with E-state index in [2.05, 4.69) is 17.3 Å². The standard InChI is InChI=1S/C15H26N4O/c1-4-8-19(10-13-6-5-7-16-9-13)15(20)14-11-18(3)17-12(14)2/h11,13,16H,4-10H2,1-3H3. The molecule has 0 aliphatic carbocycles. The summed E-state index contributed by atoms with van der Waals surface area (Å²) in [5.41, 5.74) is 1.56. The van der Waals surface area contributed by atoms with Gasteiger partial charge in [-0.2, -0.15) is 5.10 Å². The quantitative estimate of drug-likeness (QED) is 0.889. The smallest absolute Gasteiger partial charge is 0.257 e. The van der Waals surface area contributed by atoms with E-state index in [0.29, 0.717) is 5.92 Å². The van der Waals surface area contributed by atoms with Crippen LogP contribution >= 0.6 is 0 Å². The van der Waals surface area contributed by atoms with Crippen molar-refractivity contribution >= 4 is 5.91 Å². The van der Waals surface area contributed by atoms with E-state index in [4.69, 9.17) is 0 Å². The molecule has 1 atom stereocenters. The number of aromatic nitrogens is 2. The summed E-state index contributed by atoms with van der Waals surface area (Å²) in [6, 6.07) is 0. The third-order valence-electron chi connectivity index (χ3n) is 3.90. The van der Waals surface area contributed by atoms with Crippen LogP contribution in [0.15, 0.2) is 6.20 Å². The van der Waals surface area contributed by atoms with E-state index in [9.17, 15) is 4.79 Å². The minimum Gasteiger partial charge on any atom is -0.338 e. The van der Waals surface area contributed by atoms with Crippen LogP contribution in [0.25, 0.3) is 0 Å². The minimum absolute atomic E-state index is 0.128. The Morgan fingerprint density at radius 2 is 2.40 bits per heavy atom. The second kappa shape index (κ2) is 6.88. The highest BCUT2D eigenvalue weighted by atomic mass is 16.2. The predicted molar refractivity (Wildman–Crippen MR) is 79.7 cm³/mol. The molecule has 1 unspecified atom stereocenters. The predicted octanol–water partition coefficient (Wildman–Crippen LogP) is 1.58. The Kier molecular flexibility index (Phi) is 5.17. The summed E-state index contributed by atoms with van der Waals surface area (Å²) in [5, 5.41) is 7.70. The summed E-state index contributed by atoms with van der Waals surface area (Å²) in [5.74, 6) is 0.708. The third kappa shape index (κ3) is 3.60. The zero-order chi connectivity index (χ0) is 14.5. The summed E-state index contributed by atoms with van der Waals surface area (Å²) in [6.07, 6.45) is 5.25. The summed E-state index contributed by atoms with van der Waals surface area (Å²) < 4.78 is 1.72. The number of nitrogens with zero attached hydrogens (tertiary/aromatic N) is 3. The average molecular weight is 278 g/mol. The number of amides is 1. The van der Waals surface area contributed by atoms with Gasteiger partial charge in [-0.05, 0) is 45.2 Å². The van der Waals surface area contributed by atoms with Crippen molar-refractivity contribution in [3.8, 4) is 0 Å². The minimum atomic E-state index is 0.128.